The molecule has 3 rings (SSSR count). The zero-order valence-corrected chi connectivity index (χ0v) is 13.4. The van der Waals surface area contributed by atoms with E-state index in [1.165, 1.54) is 10.9 Å². The number of rotatable bonds is 5. The summed E-state index contributed by atoms with van der Waals surface area (Å²) in [5, 5.41) is 5.42. The molecule has 24 heavy (non-hydrogen) atoms. The average Bonchev–Trinajstić information content (AvgIpc) is 2.95. The largest absolute Gasteiger partial charge is 0.351 e. The SMILES string of the molecule is Cn1cc(C(=O)NCC(c2ccccc2)c2ccccc2)c(=O)[nH]1. The van der Waals surface area contributed by atoms with E-state index < -0.39 is 0 Å². The van der Waals surface area contributed by atoms with Crippen LogP contribution in [0.2, 0.25) is 0 Å². The van der Waals surface area contributed by atoms with Crippen molar-refractivity contribution in [3.05, 3.63) is 93.9 Å². The minimum Gasteiger partial charge on any atom is -0.351 e. The molecule has 0 spiro atoms. The monoisotopic (exact) mass is 321 g/mol. The number of carbonyl (C=O) groups excluding carboxylic acids is 1. The van der Waals surface area contributed by atoms with Gasteiger partial charge in [-0.3, -0.25) is 19.4 Å². The number of aromatic nitrogens is 2. The first-order valence-corrected chi connectivity index (χ1v) is 7.79. The molecule has 1 aromatic heterocycles. The van der Waals surface area contributed by atoms with Gasteiger partial charge in [-0.2, -0.15) is 0 Å². The van der Waals surface area contributed by atoms with Gasteiger partial charge in [0.25, 0.3) is 11.5 Å². The average molecular weight is 321 g/mol. The number of hydrogen-bond acceptors (Lipinski definition) is 2. The molecular weight excluding hydrogens is 302 g/mol. The number of hydrogen-bond donors (Lipinski definition) is 2. The summed E-state index contributed by atoms with van der Waals surface area (Å²) in [4.78, 5) is 24.0. The number of aromatic amines is 1. The van der Waals surface area contributed by atoms with Gasteiger partial charge in [-0.1, -0.05) is 60.7 Å². The molecule has 2 aromatic carbocycles. The predicted molar refractivity (Wildman–Crippen MR) is 93.1 cm³/mol. The maximum Gasteiger partial charge on any atom is 0.276 e. The molecular formula is C19H19N3O2. The Kier molecular flexibility index (Phi) is 4.61. The van der Waals surface area contributed by atoms with E-state index in [0.717, 1.165) is 11.1 Å². The van der Waals surface area contributed by atoms with E-state index in [1.807, 2.05) is 60.7 Å². The Hall–Kier alpha value is -3.08. The second-order valence-corrected chi connectivity index (χ2v) is 5.68. The van der Waals surface area contributed by atoms with Crippen molar-refractivity contribution in [3.8, 4) is 0 Å². The zero-order chi connectivity index (χ0) is 16.9. The smallest absolute Gasteiger partial charge is 0.276 e. The number of carbonyl (C=O) groups is 1. The molecule has 0 aliphatic carbocycles. The highest BCUT2D eigenvalue weighted by Crippen LogP contribution is 2.23. The topological polar surface area (TPSA) is 66.9 Å². The Morgan fingerprint density at radius 2 is 1.58 bits per heavy atom. The van der Waals surface area contributed by atoms with Crippen LogP contribution >= 0.6 is 0 Å². The summed E-state index contributed by atoms with van der Waals surface area (Å²) in [6.45, 7) is 0.418. The molecule has 5 nitrogen and oxygen atoms in total. The molecule has 0 bridgehead atoms. The Labute approximate surface area is 139 Å². The molecule has 1 amide bonds. The summed E-state index contributed by atoms with van der Waals surface area (Å²) in [5.74, 6) is -0.340. The molecule has 5 heteroatoms. The quantitative estimate of drug-likeness (QED) is 0.757. The summed E-state index contributed by atoms with van der Waals surface area (Å²) in [5.41, 5.74) is 1.97. The molecule has 1 heterocycles. The third kappa shape index (κ3) is 3.46. The lowest BCUT2D eigenvalue weighted by Crippen LogP contribution is -2.31. The Morgan fingerprint density at radius 1 is 1.04 bits per heavy atom. The van der Waals surface area contributed by atoms with Crippen LogP contribution in [0.15, 0.2) is 71.7 Å². The van der Waals surface area contributed by atoms with Gasteiger partial charge < -0.3 is 5.32 Å². The fourth-order valence-electron chi connectivity index (χ4n) is 2.76. The normalized spacial score (nSPS) is 10.8. The lowest BCUT2D eigenvalue weighted by Gasteiger charge is -2.18. The van der Waals surface area contributed by atoms with Crippen LogP contribution in [0.25, 0.3) is 0 Å². The molecule has 0 aliphatic rings. The van der Waals surface area contributed by atoms with Gasteiger partial charge in [-0.05, 0) is 11.1 Å². The van der Waals surface area contributed by atoms with Gasteiger partial charge in [0.2, 0.25) is 0 Å². The van der Waals surface area contributed by atoms with E-state index in [0.29, 0.717) is 6.54 Å². The first-order chi connectivity index (χ1) is 11.6. The highest BCUT2D eigenvalue weighted by Gasteiger charge is 2.17. The molecule has 0 atom stereocenters. The molecule has 0 unspecified atom stereocenters. The van der Waals surface area contributed by atoms with Crippen molar-refractivity contribution in [1.29, 1.82) is 0 Å². The van der Waals surface area contributed by atoms with Crippen LogP contribution in [0.5, 0.6) is 0 Å². The van der Waals surface area contributed by atoms with Crippen LogP contribution < -0.4 is 10.9 Å². The lowest BCUT2D eigenvalue weighted by atomic mass is 9.91. The molecule has 0 fully saturated rings. The minimum absolute atomic E-state index is 0.0270. The third-order valence-electron chi connectivity index (χ3n) is 3.96. The first kappa shape index (κ1) is 15.8. The number of nitrogens with zero attached hydrogens (tertiary/aromatic N) is 1. The molecule has 122 valence electrons. The van der Waals surface area contributed by atoms with Gasteiger partial charge in [0.15, 0.2) is 0 Å². The van der Waals surface area contributed by atoms with Crippen molar-refractivity contribution >= 4 is 5.91 Å². The Morgan fingerprint density at radius 3 is 2.04 bits per heavy atom. The van der Waals surface area contributed by atoms with Gasteiger partial charge in [0.05, 0.1) is 0 Å². The standard InChI is InChI=1S/C19H19N3O2/c1-22-13-17(19(24)21-22)18(23)20-12-16(14-8-4-2-5-9-14)15-10-6-3-7-11-15/h2-11,13,16H,12H2,1H3,(H,20,23)(H,21,24). The summed E-state index contributed by atoms with van der Waals surface area (Å²) < 4.78 is 1.48. The van der Waals surface area contributed by atoms with E-state index in [4.69, 9.17) is 0 Å². The van der Waals surface area contributed by atoms with E-state index in [1.54, 1.807) is 7.05 Å². The Balaban J connectivity index is 1.81. The number of nitrogens with one attached hydrogen (secondary N) is 2. The van der Waals surface area contributed by atoms with Crippen LogP contribution in [-0.4, -0.2) is 22.2 Å². The van der Waals surface area contributed by atoms with Crippen molar-refractivity contribution < 1.29 is 4.79 Å². The number of H-pyrrole nitrogens is 1. The highest BCUT2D eigenvalue weighted by molar-refractivity contribution is 5.93. The van der Waals surface area contributed by atoms with Gasteiger partial charge in [0, 0.05) is 25.7 Å². The number of benzene rings is 2. The lowest BCUT2D eigenvalue weighted by molar-refractivity contribution is 0.0951. The predicted octanol–water partition coefficient (Wildman–Crippen LogP) is 2.28. The second-order valence-electron chi connectivity index (χ2n) is 5.68. The number of aryl methyl sites for hydroxylation is 1. The Bertz CT molecular complexity index is 827. The molecule has 0 aliphatic heterocycles. The van der Waals surface area contributed by atoms with Crippen LogP contribution in [0.1, 0.15) is 27.4 Å². The zero-order valence-electron chi connectivity index (χ0n) is 13.4. The summed E-state index contributed by atoms with van der Waals surface area (Å²) in [6.07, 6.45) is 1.50. The molecule has 0 saturated carbocycles. The second kappa shape index (κ2) is 7.00. The maximum atomic E-state index is 12.3. The van der Waals surface area contributed by atoms with E-state index >= 15 is 0 Å². The van der Waals surface area contributed by atoms with Crippen molar-refractivity contribution in [3.63, 3.8) is 0 Å². The van der Waals surface area contributed by atoms with E-state index in [-0.39, 0.29) is 22.9 Å². The summed E-state index contributed by atoms with van der Waals surface area (Å²) in [7, 11) is 1.68. The summed E-state index contributed by atoms with van der Waals surface area (Å²) in [6, 6.07) is 20.0. The minimum atomic E-state index is -0.383. The van der Waals surface area contributed by atoms with Crippen LogP contribution in [-0.2, 0) is 7.05 Å². The molecule has 0 saturated heterocycles. The molecule has 3 aromatic rings. The molecule has 0 radical (unpaired) electrons. The molecule has 2 N–H and O–H groups in total. The summed E-state index contributed by atoms with van der Waals surface area (Å²) >= 11 is 0. The maximum absolute atomic E-state index is 12.3. The van der Waals surface area contributed by atoms with Crippen LogP contribution in [0, 0.1) is 0 Å². The van der Waals surface area contributed by atoms with Gasteiger partial charge in [0.1, 0.15) is 5.56 Å². The highest BCUT2D eigenvalue weighted by atomic mass is 16.2. The van der Waals surface area contributed by atoms with Crippen molar-refractivity contribution in [2.24, 2.45) is 7.05 Å². The number of amides is 1. The van der Waals surface area contributed by atoms with Crippen LogP contribution in [0.3, 0.4) is 0 Å². The fraction of sp³-hybridized carbons (Fsp3) is 0.158. The van der Waals surface area contributed by atoms with Gasteiger partial charge in [-0.15, -0.1) is 0 Å². The van der Waals surface area contributed by atoms with Crippen molar-refractivity contribution in [2.75, 3.05) is 6.54 Å². The van der Waals surface area contributed by atoms with Crippen molar-refractivity contribution in [2.45, 2.75) is 5.92 Å². The van der Waals surface area contributed by atoms with Gasteiger partial charge in [-0.25, -0.2) is 0 Å². The fourth-order valence-corrected chi connectivity index (χ4v) is 2.76. The van der Waals surface area contributed by atoms with Gasteiger partial charge >= 0.3 is 0 Å². The van der Waals surface area contributed by atoms with Crippen LogP contribution in [0.4, 0.5) is 0 Å². The van der Waals surface area contributed by atoms with E-state index in [2.05, 4.69) is 10.4 Å². The first-order valence-electron chi connectivity index (χ1n) is 7.79. The van der Waals surface area contributed by atoms with Crippen molar-refractivity contribution in [1.82, 2.24) is 15.1 Å². The van der Waals surface area contributed by atoms with E-state index in [9.17, 15) is 9.59 Å². The third-order valence-corrected chi connectivity index (χ3v) is 3.96.